The van der Waals surface area contributed by atoms with Gasteiger partial charge in [0.15, 0.2) is 0 Å². The van der Waals surface area contributed by atoms with Crippen LogP contribution in [0.5, 0.6) is 0 Å². The number of aromatic nitrogens is 2. The Morgan fingerprint density at radius 1 is 1.31 bits per heavy atom. The van der Waals surface area contributed by atoms with E-state index in [1.165, 1.54) is 18.2 Å². The average Bonchev–Trinajstić information content (AvgIpc) is 2.46. The van der Waals surface area contributed by atoms with Crippen molar-refractivity contribution in [3.63, 3.8) is 0 Å². The van der Waals surface area contributed by atoms with E-state index in [9.17, 15) is 22.8 Å². The molecule has 0 fully saturated rings. The van der Waals surface area contributed by atoms with E-state index in [1.807, 2.05) is 0 Å². The highest BCUT2D eigenvalue weighted by Gasteiger charge is 2.37. The normalized spacial score (nSPS) is 12.3. The van der Waals surface area contributed by atoms with Gasteiger partial charge in [0, 0.05) is 17.6 Å². The SMILES string of the molecule is CC(C)(C)OC(=O)NCCn1c(=O)c(C(F)(F)F)nc2ccc(Br)cc21. The zero-order valence-electron chi connectivity index (χ0n) is 14.3. The predicted octanol–water partition coefficient (Wildman–Crippen LogP) is 3.70. The molecule has 0 spiro atoms. The lowest BCUT2D eigenvalue weighted by Crippen LogP contribution is -2.37. The molecule has 1 N–H and O–H groups in total. The topological polar surface area (TPSA) is 73.2 Å². The van der Waals surface area contributed by atoms with Crippen LogP contribution in [0.25, 0.3) is 11.0 Å². The summed E-state index contributed by atoms with van der Waals surface area (Å²) in [7, 11) is 0. The highest BCUT2D eigenvalue weighted by Crippen LogP contribution is 2.27. The maximum atomic E-state index is 13.1. The number of halogens is 4. The largest absolute Gasteiger partial charge is 0.444 e. The third-order valence-electron chi connectivity index (χ3n) is 3.18. The quantitative estimate of drug-likeness (QED) is 0.797. The molecule has 0 saturated carbocycles. The number of nitrogens with zero attached hydrogens (tertiary/aromatic N) is 2. The third kappa shape index (κ3) is 4.96. The predicted molar refractivity (Wildman–Crippen MR) is 92.9 cm³/mol. The van der Waals surface area contributed by atoms with E-state index in [1.54, 1.807) is 20.8 Å². The molecule has 6 nitrogen and oxygen atoms in total. The fourth-order valence-electron chi connectivity index (χ4n) is 2.20. The standard InChI is InChI=1S/C16H17BrF3N3O3/c1-15(2,3)26-14(25)21-6-7-23-11-8-9(17)4-5-10(11)22-12(13(23)24)16(18,19)20/h4-5,8H,6-7H2,1-3H3,(H,21,25). The lowest BCUT2D eigenvalue weighted by molar-refractivity contribution is -0.142. The molecule has 0 aliphatic rings. The molecule has 1 heterocycles. The van der Waals surface area contributed by atoms with Crippen molar-refractivity contribution in [2.45, 2.75) is 39.1 Å². The summed E-state index contributed by atoms with van der Waals surface area (Å²) >= 11 is 3.22. The molecule has 2 rings (SSSR count). The van der Waals surface area contributed by atoms with Crippen LogP contribution in [0.15, 0.2) is 27.5 Å². The first kappa shape index (κ1) is 20.2. The number of ether oxygens (including phenoxy) is 1. The van der Waals surface area contributed by atoms with Crippen molar-refractivity contribution in [2.75, 3.05) is 6.54 Å². The number of hydrogen-bond acceptors (Lipinski definition) is 4. The number of hydrogen-bond donors (Lipinski definition) is 1. The van der Waals surface area contributed by atoms with Gasteiger partial charge in [-0.15, -0.1) is 0 Å². The van der Waals surface area contributed by atoms with Gasteiger partial charge < -0.3 is 14.6 Å². The first-order valence-corrected chi connectivity index (χ1v) is 8.42. The number of carbonyl (C=O) groups is 1. The molecular weight excluding hydrogens is 419 g/mol. The smallest absolute Gasteiger partial charge is 0.438 e. The fourth-order valence-corrected chi connectivity index (χ4v) is 2.55. The Hall–Kier alpha value is -2.10. The molecule has 1 amide bonds. The van der Waals surface area contributed by atoms with Crippen molar-refractivity contribution in [2.24, 2.45) is 0 Å². The number of alkyl halides is 3. The number of rotatable bonds is 3. The summed E-state index contributed by atoms with van der Waals surface area (Å²) in [4.78, 5) is 27.4. The lowest BCUT2D eigenvalue weighted by atomic mass is 10.2. The minimum Gasteiger partial charge on any atom is -0.444 e. The second kappa shape index (κ2) is 7.26. The van der Waals surface area contributed by atoms with Gasteiger partial charge in [-0.05, 0) is 39.0 Å². The summed E-state index contributed by atoms with van der Waals surface area (Å²) < 4.78 is 45.9. The van der Waals surface area contributed by atoms with Crippen LogP contribution in [-0.4, -0.2) is 27.8 Å². The minimum absolute atomic E-state index is 0.0254. The molecule has 0 unspecified atom stereocenters. The zero-order valence-corrected chi connectivity index (χ0v) is 15.9. The van der Waals surface area contributed by atoms with Gasteiger partial charge in [0.1, 0.15) is 5.60 Å². The number of benzene rings is 1. The molecule has 10 heteroatoms. The van der Waals surface area contributed by atoms with Gasteiger partial charge in [0.05, 0.1) is 11.0 Å². The van der Waals surface area contributed by atoms with Crippen molar-refractivity contribution in [1.82, 2.24) is 14.9 Å². The molecule has 1 aromatic carbocycles. The highest BCUT2D eigenvalue weighted by atomic mass is 79.9. The van der Waals surface area contributed by atoms with Gasteiger partial charge in [0.2, 0.25) is 5.69 Å². The molecule has 1 aromatic heterocycles. The van der Waals surface area contributed by atoms with E-state index in [0.29, 0.717) is 4.47 Å². The minimum atomic E-state index is -4.88. The third-order valence-corrected chi connectivity index (χ3v) is 3.67. The van der Waals surface area contributed by atoms with Crippen LogP contribution >= 0.6 is 15.9 Å². The molecule has 0 radical (unpaired) electrons. The van der Waals surface area contributed by atoms with Crippen molar-refractivity contribution >= 4 is 33.1 Å². The summed E-state index contributed by atoms with van der Waals surface area (Å²) in [5.41, 5.74) is -3.22. The Morgan fingerprint density at radius 3 is 2.54 bits per heavy atom. The molecule has 0 aliphatic heterocycles. The van der Waals surface area contributed by atoms with Crippen LogP contribution in [0.3, 0.4) is 0 Å². The summed E-state index contributed by atoms with van der Waals surface area (Å²) in [5.74, 6) is 0. The Kier molecular flexibility index (Phi) is 5.64. The van der Waals surface area contributed by atoms with Gasteiger partial charge in [-0.25, -0.2) is 9.78 Å². The first-order chi connectivity index (χ1) is 11.9. The van der Waals surface area contributed by atoms with Crippen LogP contribution in [-0.2, 0) is 17.5 Å². The average molecular weight is 436 g/mol. The maximum absolute atomic E-state index is 13.1. The van der Waals surface area contributed by atoms with E-state index < -0.39 is 29.1 Å². The maximum Gasteiger partial charge on any atom is 0.438 e. The summed E-state index contributed by atoms with van der Waals surface area (Å²) in [6, 6.07) is 4.41. The second-order valence-corrected chi connectivity index (χ2v) is 7.39. The number of carbonyl (C=O) groups excluding carboxylic acids is 1. The Bertz CT molecular complexity index is 888. The van der Waals surface area contributed by atoms with Crippen molar-refractivity contribution < 1.29 is 22.7 Å². The van der Waals surface area contributed by atoms with E-state index in [0.717, 1.165) is 4.57 Å². The van der Waals surface area contributed by atoms with Gasteiger partial charge in [-0.2, -0.15) is 13.2 Å². The van der Waals surface area contributed by atoms with Gasteiger partial charge in [-0.3, -0.25) is 4.79 Å². The van der Waals surface area contributed by atoms with Crippen LogP contribution in [0.2, 0.25) is 0 Å². The Balaban J connectivity index is 2.35. The van der Waals surface area contributed by atoms with Crippen LogP contribution in [0.1, 0.15) is 26.5 Å². The lowest BCUT2D eigenvalue weighted by Gasteiger charge is -2.20. The molecule has 142 valence electrons. The molecule has 0 saturated heterocycles. The van der Waals surface area contributed by atoms with E-state index in [2.05, 4.69) is 26.2 Å². The van der Waals surface area contributed by atoms with Crippen molar-refractivity contribution in [1.29, 1.82) is 0 Å². The number of fused-ring (bicyclic) bond motifs is 1. The monoisotopic (exact) mass is 435 g/mol. The molecule has 0 bridgehead atoms. The van der Waals surface area contributed by atoms with Crippen molar-refractivity contribution in [3.8, 4) is 0 Å². The van der Waals surface area contributed by atoms with E-state index in [4.69, 9.17) is 4.74 Å². The summed E-state index contributed by atoms with van der Waals surface area (Å²) in [6.07, 6.45) is -5.60. The second-order valence-electron chi connectivity index (χ2n) is 6.48. The van der Waals surface area contributed by atoms with Crippen LogP contribution in [0.4, 0.5) is 18.0 Å². The Morgan fingerprint density at radius 2 is 1.96 bits per heavy atom. The Labute approximate surface area is 155 Å². The molecule has 2 aromatic rings. The van der Waals surface area contributed by atoms with Gasteiger partial charge in [-0.1, -0.05) is 15.9 Å². The van der Waals surface area contributed by atoms with Gasteiger partial charge >= 0.3 is 12.3 Å². The summed E-state index contributed by atoms with van der Waals surface area (Å²) in [6.45, 7) is 4.79. The highest BCUT2D eigenvalue weighted by molar-refractivity contribution is 9.10. The molecule has 0 aliphatic carbocycles. The molecular formula is C16H17BrF3N3O3. The van der Waals surface area contributed by atoms with E-state index >= 15 is 0 Å². The summed E-state index contributed by atoms with van der Waals surface area (Å²) in [5, 5.41) is 2.42. The van der Waals surface area contributed by atoms with Crippen molar-refractivity contribution in [3.05, 3.63) is 38.7 Å². The molecule has 26 heavy (non-hydrogen) atoms. The van der Waals surface area contributed by atoms with Gasteiger partial charge in [0.25, 0.3) is 5.56 Å². The number of alkyl carbamates (subject to hydrolysis) is 1. The first-order valence-electron chi connectivity index (χ1n) is 7.62. The number of amides is 1. The zero-order chi connectivity index (χ0) is 19.7. The van der Waals surface area contributed by atoms with E-state index in [-0.39, 0.29) is 24.1 Å². The fraction of sp³-hybridized carbons (Fsp3) is 0.438. The van der Waals surface area contributed by atoms with Crippen LogP contribution < -0.4 is 10.9 Å². The van der Waals surface area contributed by atoms with Crippen LogP contribution in [0, 0.1) is 0 Å². The number of nitrogens with one attached hydrogen (secondary N) is 1. The molecule has 0 atom stereocenters.